The van der Waals surface area contributed by atoms with Crippen molar-refractivity contribution in [2.75, 3.05) is 19.7 Å². The van der Waals surface area contributed by atoms with Crippen molar-refractivity contribution in [3.05, 3.63) is 45.9 Å². The van der Waals surface area contributed by atoms with Crippen LogP contribution in [0.4, 0.5) is 0 Å². The smallest absolute Gasteiger partial charge is 0.130 e. The summed E-state index contributed by atoms with van der Waals surface area (Å²) in [6, 6.07) is 7.95. The highest BCUT2D eigenvalue weighted by Crippen LogP contribution is 2.42. The van der Waals surface area contributed by atoms with Crippen molar-refractivity contribution in [2.45, 2.75) is 39.2 Å². The van der Waals surface area contributed by atoms with E-state index in [9.17, 15) is 5.11 Å². The number of aliphatic hydroxyl groups excluding tert-OH is 1. The molecule has 0 aliphatic carbocycles. The maximum Gasteiger partial charge on any atom is 0.130 e. The third-order valence-electron chi connectivity index (χ3n) is 5.60. The number of piperidine rings is 1. The van der Waals surface area contributed by atoms with Crippen LogP contribution in [-0.4, -0.2) is 29.8 Å². The fourth-order valence-electron chi connectivity index (χ4n) is 3.91. The lowest BCUT2D eigenvalue weighted by Gasteiger charge is -2.24. The average molecular weight is 431 g/mol. The van der Waals surface area contributed by atoms with E-state index in [-0.39, 0.29) is 0 Å². The van der Waals surface area contributed by atoms with E-state index in [0.29, 0.717) is 17.4 Å². The molecule has 0 saturated carbocycles. The van der Waals surface area contributed by atoms with Gasteiger partial charge in [0.05, 0.1) is 22.9 Å². The van der Waals surface area contributed by atoms with Gasteiger partial charge in [0.2, 0.25) is 0 Å². The Hall–Kier alpha value is -1.66. The zero-order valence-electron chi connectivity index (χ0n) is 16.9. The molecule has 4 nitrogen and oxygen atoms in total. The van der Waals surface area contributed by atoms with Crippen molar-refractivity contribution in [1.82, 2.24) is 10.3 Å². The Labute approximate surface area is 180 Å². The third kappa shape index (κ3) is 4.43. The summed E-state index contributed by atoms with van der Waals surface area (Å²) in [5.41, 5.74) is 3.99. The van der Waals surface area contributed by atoms with Gasteiger partial charge >= 0.3 is 0 Å². The molecule has 1 saturated heterocycles. The molecule has 29 heavy (non-hydrogen) atoms. The lowest BCUT2D eigenvalue weighted by atomic mass is 9.99. The number of fused-ring (bicyclic) bond motifs is 1. The lowest BCUT2D eigenvalue weighted by molar-refractivity contribution is 0.177. The summed E-state index contributed by atoms with van der Waals surface area (Å²) in [6.07, 6.45) is 4.33. The standard InChI is InChI=1S/C23H27ClN2O2S/c1-3-20(27)21-12-19-23(29-21)17(6-9-26-19)18-11-16(24)10-14(2)22(18)28-13-15-4-7-25-8-5-15/h6,9-12,15,20,25,27H,3-5,7-8,13H2,1-2H3. The first-order valence-electron chi connectivity index (χ1n) is 10.3. The average Bonchev–Trinajstić information content (AvgIpc) is 3.17. The van der Waals surface area contributed by atoms with Crippen LogP contribution in [0.3, 0.4) is 0 Å². The Bertz CT molecular complexity index is 998. The fraction of sp³-hybridized carbons (Fsp3) is 0.435. The van der Waals surface area contributed by atoms with E-state index in [1.807, 2.05) is 44.3 Å². The zero-order chi connectivity index (χ0) is 20.4. The van der Waals surface area contributed by atoms with E-state index in [1.54, 1.807) is 11.3 Å². The molecular weight excluding hydrogens is 404 g/mol. The summed E-state index contributed by atoms with van der Waals surface area (Å²) < 4.78 is 7.45. The molecule has 0 amide bonds. The van der Waals surface area contributed by atoms with E-state index in [1.165, 1.54) is 0 Å². The van der Waals surface area contributed by atoms with Crippen LogP contribution in [0.25, 0.3) is 21.3 Å². The molecule has 1 unspecified atom stereocenters. The number of thiophene rings is 1. The summed E-state index contributed by atoms with van der Waals surface area (Å²) in [5.74, 6) is 1.47. The van der Waals surface area contributed by atoms with Crippen molar-refractivity contribution >= 4 is 33.2 Å². The SMILES string of the molecule is CCC(O)c1cc2nccc(-c3cc(Cl)cc(C)c3OCC3CCNCC3)c2s1. The molecule has 3 heterocycles. The van der Waals surface area contributed by atoms with E-state index >= 15 is 0 Å². The fourth-order valence-corrected chi connectivity index (χ4v) is 5.39. The second-order valence-corrected chi connectivity index (χ2v) is 9.27. The molecule has 1 aromatic carbocycles. The molecule has 1 atom stereocenters. The number of aromatic nitrogens is 1. The molecule has 1 fully saturated rings. The molecule has 3 aromatic rings. The van der Waals surface area contributed by atoms with Crippen LogP contribution in [0.15, 0.2) is 30.5 Å². The highest BCUT2D eigenvalue weighted by atomic mass is 35.5. The quantitative estimate of drug-likeness (QED) is 0.523. The number of hydrogen-bond donors (Lipinski definition) is 2. The number of nitrogens with zero attached hydrogens (tertiary/aromatic N) is 1. The van der Waals surface area contributed by atoms with Crippen molar-refractivity contribution in [2.24, 2.45) is 5.92 Å². The van der Waals surface area contributed by atoms with Crippen LogP contribution in [0, 0.1) is 12.8 Å². The number of aryl methyl sites for hydroxylation is 1. The molecule has 2 N–H and O–H groups in total. The monoisotopic (exact) mass is 430 g/mol. The van der Waals surface area contributed by atoms with Crippen LogP contribution in [0.1, 0.15) is 42.7 Å². The largest absolute Gasteiger partial charge is 0.492 e. The summed E-state index contributed by atoms with van der Waals surface area (Å²) in [7, 11) is 0. The van der Waals surface area contributed by atoms with Gasteiger partial charge in [-0.1, -0.05) is 18.5 Å². The van der Waals surface area contributed by atoms with E-state index in [4.69, 9.17) is 16.3 Å². The molecule has 154 valence electrons. The molecule has 1 aliphatic rings. The summed E-state index contributed by atoms with van der Waals surface area (Å²) >= 11 is 8.03. The Balaban J connectivity index is 1.74. The Morgan fingerprint density at radius 3 is 2.83 bits per heavy atom. The van der Waals surface area contributed by atoms with Gasteiger partial charge in [-0.25, -0.2) is 0 Å². The Morgan fingerprint density at radius 1 is 1.28 bits per heavy atom. The Kier molecular flexibility index (Phi) is 6.40. The number of benzene rings is 1. The minimum Gasteiger partial charge on any atom is -0.492 e. The summed E-state index contributed by atoms with van der Waals surface area (Å²) in [5, 5.41) is 14.4. The first-order chi connectivity index (χ1) is 14.1. The molecule has 1 aliphatic heterocycles. The second kappa shape index (κ2) is 9.00. The normalized spacial score (nSPS) is 16.3. The number of ether oxygens (including phenoxy) is 1. The molecule has 6 heteroatoms. The predicted molar refractivity (Wildman–Crippen MR) is 121 cm³/mol. The zero-order valence-corrected chi connectivity index (χ0v) is 18.4. The van der Waals surface area contributed by atoms with Crippen molar-refractivity contribution in [3.63, 3.8) is 0 Å². The minimum absolute atomic E-state index is 0.459. The molecule has 0 bridgehead atoms. The van der Waals surface area contributed by atoms with E-state index in [0.717, 1.165) is 70.1 Å². The van der Waals surface area contributed by atoms with Crippen molar-refractivity contribution in [1.29, 1.82) is 0 Å². The number of rotatable bonds is 6. The second-order valence-electron chi connectivity index (χ2n) is 7.75. The van der Waals surface area contributed by atoms with Gasteiger partial charge in [0.1, 0.15) is 5.75 Å². The predicted octanol–water partition coefficient (Wildman–Crippen LogP) is 5.75. The van der Waals surface area contributed by atoms with Crippen LogP contribution in [0.5, 0.6) is 5.75 Å². The topological polar surface area (TPSA) is 54.4 Å². The number of aliphatic hydroxyl groups is 1. The van der Waals surface area contributed by atoms with Gasteiger partial charge in [-0.2, -0.15) is 0 Å². The van der Waals surface area contributed by atoms with Gasteiger partial charge < -0.3 is 15.2 Å². The van der Waals surface area contributed by atoms with Crippen LogP contribution >= 0.6 is 22.9 Å². The molecule has 0 spiro atoms. The first-order valence-corrected chi connectivity index (χ1v) is 11.5. The van der Waals surface area contributed by atoms with Crippen LogP contribution in [-0.2, 0) is 0 Å². The van der Waals surface area contributed by atoms with E-state index in [2.05, 4.69) is 10.3 Å². The van der Waals surface area contributed by atoms with Gasteiger partial charge in [-0.05, 0) is 75.0 Å². The van der Waals surface area contributed by atoms with Crippen LogP contribution in [0.2, 0.25) is 5.02 Å². The number of halogens is 1. The highest BCUT2D eigenvalue weighted by Gasteiger charge is 2.20. The van der Waals surface area contributed by atoms with Crippen LogP contribution < -0.4 is 10.1 Å². The number of hydrogen-bond acceptors (Lipinski definition) is 5. The third-order valence-corrected chi connectivity index (χ3v) is 7.07. The lowest BCUT2D eigenvalue weighted by Crippen LogP contribution is -2.30. The molecule has 0 radical (unpaired) electrons. The Morgan fingerprint density at radius 2 is 2.07 bits per heavy atom. The summed E-state index contributed by atoms with van der Waals surface area (Å²) in [6.45, 7) is 6.87. The van der Waals surface area contributed by atoms with E-state index < -0.39 is 6.10 Å². The highest BCUT2D eigenvalue weighted by molar-refractivity contribution is 7.19. The van der Waals surface area contributed by atoms with Crippen molar-refractivity contribution in [3.8, 4) is 16.9 Å². The van der Waals surface area contributed by atoms with Crippen molar-refractivity contribution < 1.29 is 9.84 Å². The van der Waals surface area contributed by atoms with Gasteiger partial charge in [0.15, 0.2) is 0 Å². The molecule has 2 aromatic heterocycles. The molecule has 4 rings (SSSR count). The number of pyridine rings is 1. The number of nitrogens with one attached hydrogen (secondary N) is 1. The minimum atomic E-state index is -0.459. The van der Waals surface area contributed by atoms with Gasteiger partial charge in [0.25, 0.3) is 0 Å². The van der Waals surface area contributed by atoms with Gasteiger partial charge in [-0.3, -0.25) is 4.98 Å². The summed E-state index contributed by atoms with van der Waals surface area (Å²) in [4.78, 5) is 5.46. The first kappa shape index (κ1) is 20.6. The maximum absolute atomic E-state index is 10.3. The van der Waals surface area contributed by atoms with Gasteiger partial charge in [0, 0.05) is 27.2 Å². The maximum atomic E-state index is 10.3. The molecular formula is C23H27ClN2O2S. The van der Waals surface area contributed by atoms with Gasteiger partial charge in [-0.15, -0.1) is 11.3 Å².